The third-order valence-electron chi connectivity index (χ3n) is 1.89. The number of rotatable bonds is 1. The van der Waals surface area contributed by atoms with Crippen molar-refractivity contribution in [2.24, 2.45) is 7.05 Å². The molecule has 2 aromatic heterocycles. The lowest BCUT2D eigenvalue weighted by atomic mass is 10.2. The Labute approximate surface area is 87.7 Å². The molecule has 16 heavy (non-hydrogen) atoms. The fraction of sp³-hybridized carbons (Fsp3) is 0.250. The molecule has 0 saturated heterocycles. The van der Waals surface area contributed by atoms with Crippen molar-refractivity contribution >= 4 is 6.01 Å². The average Bonchev–Trinajstić information content (AvgIpc) is 2.70. The first kappa shape index (κ1) is 10.5. The first-order chi connectivity index (χ1) is 7.38. The van der Waals surface area contributed by atoms with Crippen molar-refractivity contribution in [2.75, 3.05) is 5.73 Å². The summed E-state index contributed by atoms with van der Waals surface area (Å²) in [4.78, 5) is 3.53. The molecule has 5 nitrogen and oxygen atoms in total. The van der Waals surface area contributed by atoms with E-state index < -0.39 is 11.9 Å². The number of nitrogen functional groups attached to an aromatic ring is 1. The van der Waals surface area contributed by atoms with Gasteiger partial charge in [0, 0.05) is 13.2 Å². The Morgan fingerprint density at radius 3 is 2.62 bits per heavy atom. The molecule has 0 unspecified atom stereocenters. The molecule has 8 heteroatoms. The van der Waals surface area contributed by atoms with E-state index in [1.54, 1.807) is 0 Å². The summed E-state index contributed by atoms with van der Waals surface area (Å²) >= 11 is 0. The van der Waals surface area contributed by atoms with Crippen LogP contribution < -0.4 is 5.73 Å². The number of hydrogen-bond acceptors (Lipinski definition) is 4. The van der Waals surface area contributed by atoms with Gasteiger partial charge in [0.05, 0.1) is 11.8 Å². The highest BCUT2D eigenvalue weighted by molar-refractivity contribution is 5.60. The van der Waals surface area contributed by atoms with Gasteiger partial charge in [0.2, 0.25) is 0 Å². The van der Waals surface area contributed by atoms with E-state index in [2.05, 4.69) is 10.1 Å². The number of nitrogens with zero attached hydrogens (tertiary/aromatic N) is 3. The molecule has 2 heterocycles. The molecule has 0 aliphatic heterocycles. The molecule has 0 spiro atoms. The molecular weight excluding hydrogens is 225 g/mol. The molecule has 0 aromatic carbocycles. The molecule has 0 bridgehead atoms. The zero-order chi connectivity index (χ0) is 11.9. The first-order valence-corrected chi connectivity index (χ1v) is 4.20. The van der Waals surface area contributed by atoms with Crippen LogP contribution in [0, 0.1) is 0 Å². The molecule has 0 fully saturated rings. The Morgan fingerprint density at radius 2 is 2.12 bits per heavy atom. The normalized spacial score (nSPS) is 12.0. The van der Waals surface area contributed by atoms with Crippen LogP contribution in [0.15, 0.2) is 16.8 Å². The van der Waals surface area contributed by atoms with E-state index in [0.29, 0.717) is 0 Å². The fourth-order valence-electron chi connectivity index (χ4n) is 1.29. The average molecular weight is 232 g/mol. The predicted molar refractivity (Wildman–Crippen MR) is 48.1 cm³/mol. The third-order valence-corrected chi connectivity index (χ3v) is 1.89. The number of alkyl halides is 3. The van der Waals surface area contributed by atoms with E-state index in [1.807, 2.05) is 0 Å². The molecule has 2 N–H and O–H groups in total. The second kappa shape index (κ2) is 3.26. The summed E-state index contributed by atoms with van der Waals surface area (Å²) in [7, 11) is 1.39. The van der Waals surface area contributed by atoms with Crippen molar-refractivity contribution in [1.29, 1.82) is 0 Å². The van der Waals surface area contributed by atoms with E-state index in [1.165, 1.54) is 13.2 Å². The van der Waals surface area contributed by atoms with Gasteiger partial charge in [-0.05, 0) is 0 Å². The lowest BCUT2D eigenvalue weighted by Crippen LogP contribution is -2.08. The van der Waals surface area contributed by atoms with Crippen molar-refractivity contribution in [3.8, 4) is 11.3 Å². The molecule has 0 amide bonds. The number of halogens is 3. The maximum atomic E-state index is 12.6. The monoisotopic (exact) mass is 232 g/mol. The smallest absolute Gasteiger partial charge is 0.424 e. The standard InChI is InChI=1S/C8H7F3N4O/c1-15-3-4(5-2-13-7(12)16-5)6(14-15)8(9,10)11/h2-3H,1H3,(H2,12,13). The molecule has 86 valence electrons. The lowest BCUT2D eigenvalue weighted by Gasteiger charge is -2.03. The summed E-state index contributed by atoms with van der Waals surface area (Å²) in [6.07, 6.45) is -2.22. The van der Waals surface area contributed by atoms with Crippen LogP contribution in [-0.2, 0) is 13.2 Å². The van der Waals surface area contributed by atoms with Crippen LogP contribution in [-0.4, -0.2) is 14.8 Å². The minimum absolute atomic E-state index is 0.0575. The molecule has 0 atom stereocenters. The molecular formula is C8H7F3N4O. The van der Waals surface area contributed by atoms with Gasteiger partial charge >= 0.3 is 6.18 Å². The van der Waals surface area contributed by atoms with Gasteiger partial charge in [0.1, 0.15) is 0 Å². The molecule has 0 radical (unpaired) electrons. The zero-order valence-electron chi connectivity index (χ0n) is 8.12. The van der Waals surface area contributed by atoms with Gasteiger partial charge in [0.25, 0.3) is 6.01 Å². The topological polar surface area (TPSA) is 69.9 Å². The van der Waals surface area contributed by atoms with Crippen LogP contribution >= 0.6 is 0 Å². The quantitative estimate of drug-likeness (QED) is 0.811. The third kappa shape index (κ3) is 1.73. The van der Waals surface area contributed by atoms with Gasteiger partial charge in [-0.2, -0.15) is 18.3 Å². The minimum Gasteiger partial charge on any atom is -0.424 e. The lowest BCUT2D eigenvalue weighted by molar-refractivity contribution is -0.141. The van der Waals surface area contributed by atoms with Crippen LogP contribution in [0.25, 0.3) is 11.3 Å². The number of nitrogens with two attached hydrogens (primary N) is 1. The molecule has 0 aliphatic rings. The van der Waals surface area contributed by atoms with Crippen LogP contribution in [0.1, 0.15) is 5.69 Å². The van der Waals surface area contributed by atoms with Crippen LogP contribution in [0.2, 0.25) is 0 Å². The number of aromatic nitrogens is 3. The van der Waals surface area contributed by atoms with Crippen molar-refractivity contribution in [3.63, 3.8) is 0 Å². The predicted octanol–water partition coefficient (Wildman–Crippen LogP) is 1.68. The largest absolute Gasteiger partial charge is 0.435 e. The van der Waals surface area contributed by atoms with Crippen LogP contribution in [0.4, 0.5) is 19.2 Å². The number of aryl methyl sites for hydroxylation is 1. The fourth-order valence-corrected chi connectivity index (χ4v) is 1.29. The van der Waals surface area contributed by atoms with E-state index in [9.17, 15) is 13.2 Å². The number of hydrogen-bond donors (Lipinski definition) is 1. The summed E-state index contributed by atoms with van der Waals surface area (Å²) in [6, 6.07) is -0.188. The highest BCUT2D eigenvalue weighted by Crippen LogP contribution is 2.36. The second-order valence-electron chi connectivity index (χ2n) is 3.13. The highest BCUT2D eigenvalue weighted by atomic mass is 19.4. The minimum atomic E-state index is -4.54. The van der Waals surface area contributed by atoms with Gasteiger partial charge in [0.15, 0.2) is 11.5 Å². The molecule has 0 aliphatic carbocycles. The van der Waals surface area contributed by atoms with E-state index in [4.69, 9.17) is 10.2 Å². The Hall–Kier alpha value is -1.99. The van der Waals surface area contributed by atoms with Crippen molar-refractivity contribution < 1.29 is 17.6 Å². The Kier molecular flexibility index (Phi) is 2.14. The summed E-state index contributed by atoms with van der Waals surface area (Å²) in [5.41, 5.74) is 3.99. The Morgan fingerprint density at radius 1 is 1.44 bits per heavy atom. The summed E-state index contributed by atoms with van der Waals surface area (Å²) < 4.78 is 43.6. The van der Waals surface area contributed by atoms with Gasteiger partial charge in [-0.1, -0.05) is 0 Å². The van der Waals surface area contributed by atoms with Gasteiger partial charge in [-0.25, -0.2) is 4.98 Å². The highest BCUT2D eigenvalue weighted by Gasteiger charge is 2.38. The van der Waals surface area contributed by atoms with Gasteiger partial charge in [-0.15, -0.1) is 0 Å². The van der Waals surface area contributed by atoms with E-state index in [0.717, 1.165) is 10.9 Å². The molecule has 0 saturated carbocycles. The molecule has 2 aromatic rings. The molecule has 2 rings (SSSR count). The zero-order valence-corrected chi connectivity index (χ0v) is 8.12. The number of anilines is 1. The van der Waals surface area contributed by atoms with Crippen molar-refractivity contribution in [1.82, 2.24) is 14.8 Å². The maximum absolute atomic E-state index is 12.6. The van der Waals surface area contributed by atoms with Crippen molar-refractivity contribution in [3.05, 3.63) is 18.1 Å². The maximum Gasteiger partial charge on any atom is 0.435 e. The summed E-state index contributed by atoms with van der Waals surface area (Å²) in [5.74, 6) is -0.0575. The van der Waals surface area contributed by atoms with Crippen LogP contribution in [0.3, 0.4) is 0 Å². The SMILES string of the molecule is Cn1cc(-c2cnc(N)o2)c(C(F)(F)F)n1. The second-order valence-corrected chi connectivity index (χ2v) is 3.13. The van der Waals surface area contributed by atoms with E-state index in [-0.39, 0.29) is 17.3 Å². The number of oxazole rings is 1. The Bertz CT molecular complexity index is 514. The summed E-state index contributed by atoms with van der Waals surface area (Å²) in [5, 5.41) is 3.33. The van der Waals surface area contributed by atoms with Gasteiger partial charge in [-0.3, -0.25) is 4.68 Å². The van der Waals surface area contributed by atoms with E-state index >= 15 is 0 Å². The Balaban J connectivity index is 2.57. The van der Waals surface area contributed by atoms with Crippen molar-refractivity contribution in [2.45, 2.75) is 6.18 Å². The summed E-state index contributed by atoms with van der Waals surface area (Å²) in [6.45, 7) is 0. The van der Waals surface area contributed by atoms with Gasteiger partial charge < -0.3 is 10.2 Å². The van der Waals surface area contributed by atoms with Crippen LogP contribution in [0.5, 0.6) is 0 Å². The first-order valence-electron chi connectivity index (χ1n) is 4.20.